The molecule has 1 aromatic rings. The molecule has 4 nitrogen and oxygen atoms in total. The first-order chi connectivity index (χ1) is 7.09. The standard InChI is InChI=1S/C10H8BrNO3/c11-7-3-1-2-6-4-12(10(14)15)5-8(13)9(6)7/h1-3H,4-5H2,(H,14,15). The average molecular weight is 270 g/mol. The van der Waals surface area contributed by atoms with Crippen LogP contribution < -0.4 is 0 Å². The van der Waals surface area contributed by atoms with E-state index in [1.807, 2.05) is 0 Å². The first-order valence-corrected chi connectivity index (χ1v) is 5.17. The third-order valence-corrected chi connectivity index (χ3v) is 3.01. The summed E-state index contributed by atoms with van der Waals surface area (Å²) in [7, 11) is 0. The number of hydrogen-bond acceptors (Lipinski definition) is 2. The number of carboxylic acid groups (broad SMARTS) is 1. The number of Topliss-reactive ketones (excluding diaryl/α,β-unsaturated/α-hetero) is 1. The summed E-state index contributed by atoms with van der Waals surface area (Å²) in [6.45, 7) is 0.209. The molecule has 1 heterocycles. The van der Waals surface area contributed by atoms with Gasteiger partial charge < -0.3 is 5.11 Å². The Kier molecular flexibility index (Phi) is 2.48. The molecule has 0 radical (unpaired) electrons. The van der Waals surface area contributed by atoms with Crippen molar-refractivity contribution < 1.29 is 14.7 Å². The summed E-state index contributed by atoms with van der Waals surface area (Å²) < 4.78 is 0.732. The van der Waals surface area contributed by atoms with Gasteiger partial charge in [-0.25, -0.2) is 4.79 Å². The number of carbonyl (C=O) groups is 2. The minimum absolute atomic E-state index is 0.0645. The van der Waals surface area contributed by atoms with Crippen LogP contribution >= 0.6 is 15.9 Å². The number of halogens is 1. The molecule has 78 valence electrons. The number of ketones is 1. The van der Waals surface area contributed by atoms with Crippen LogP contribution in [0, 0.1) is 0 Å². The Hall–Kier alpha value is -1.36. The molecule has 0 aromatic heterocycles. The van der Waals surface area contributed by atoms with Crippen molar-refractivity contribution in [1.82, 2.24) is 4.90 Å². The summed E-state index contributed by atoms with van der Waals surface area (Å²) in [6.07, 6.45) is -1.06. The zero-order chi connectivity index (χ0) is 11.0. The van der Waals surface area contributed by atoms with Crippen LogP contribution in [-0.4, -0.2) is 28.4 Å². The lowest BCUT2D eigenvalue weighted by molar-refractivity contribution is 0.0873. The third kappa shape index (κ3) is 1.74. The molecule has 0 unspecified atom stereocenters. The lowest BCUT2D eigenvalue weighted by Crippen LogP contribution is -2.38. The van der Waals surface area contributed by atoms with Gasteiger partial charge in [-0.05, 0) is 11.6 Å². The van der Waals surface area contributed by atoms with E-state index in [0.717, 1.165) is 14.9 Å². The second kappa shape index (κ2) is 3.66. The van der Waals surface area contributed by atoms with Gasteiger partial charge >= 0.3 is 6.09 Å². The van der Waals surface area contributed by atoms with Gasteiger partial charge in [-0.3, -0.25) is 9.69 Å². The van der Waals surface area contributed by atoms with Gasteiger partial charge in [0.2, 0.25) is 0 Å². The number of carbonyl (C=O) groups excluding carboxylic acids is 1. The third-order valence-electron chi connectivity index (χ3n) is 2.34. The Balaban J connectivity index is 2.45. The van der Waals surface area contributed by atoms with Gasteiger partial charge in [0.15, 0.2) is 5.78 Å². The van der Waals surface area contributed by atoms with Crippen LogP contribution in [0.3, 0.4) is 0 Å². The summed E-state index contributed by atoms with van der Waals surface area (Å²) in [5, 5.41) is 8.81. The smallest absolute Gasteiger partial charge is 0.408 e. The van der Waals surface area contributed by atoms with Crippen molar-refractivity contribution in [3.63, 3.8) is 0 Å². The van der Waals surface area contributed by atoms with Crippen LogP contribution in [0.4, 0.5) is 4.79 Å². The van der Waals surface area contributed by atoms with Crippen molar-refractivity contribution in [2.75, 3.05) is 6.54 Å². The van der Waals surface area contributed by atoms with E-state index in [1.165, 1.54) is 0 Å². The van der Waals surface area contributed by atoms with Crippen molar-refractivity contribution in [2.24, 2.45) is 0 Å². The normalized spacial score (nSPS) is 15.0. The van der Waals surface area contributed by atoms with Crippen molar-refractivity contribution in [1.29, 1.82) is 0 Å². The zero-order valence-corrected chi connectivity index (χ0v) is 9.32. The molecule has 1 aliphatic heterocycles. The Morgan fingerprint density at radius 1 is 1.40 bits per heavy atom. The van der Waals surface area contributed by atoms with E-state index >= 15 is 0 Å². The fourth-order valence-electron chi connectivity index (χ4n) is 1.66. The summed E-state index contributed by atoms with van der Waals surface area (Å²) in [4.78, 5) is 23.6. The van der Waals surface area contributed by atoms with E-state index in [1.54, 1.807) is 18.2 Å². The number of hydrogen-bond donors (Lipinski definition) is 1. The van der Waals surface area contributed by atoms with E-state index in [2.05, 4.69) is 15.9 Å². The van der Waals surface area contributed by atoms with Crippen LogP contribution in [0.15, 0.2) is 22.7 Å². The topological polar surface area (TPSA) is 57.6 Å². The van der Waals surface area contributed by atoms with Gasteiger partial charge in [-0.1, -0.05) is 28.1 Å². The summed E-state index contributed by atoms with van der Waals surface area (Å²) in [6, 6.07) is 5.35. The molecule has 0 atom stereocenters. The highest BCUT2D eigenvalue weighted by molar-refractivity contribution is 9.10. The van der Waals surface area contributed by atoms with Gasteiger partial charge in [0.1, 0.15) is 0 Å². The molecule has 0 fully saturated rings. The molecule has 0 bridgehead atoms. The fraction of sp³-hybridized carbons (Fsp3) is 0.200. The van der Waals surface area contributed by atoms with Gasteiger partial charge in [-0.2, -0.15) is 0 Å². The van der Waals surface area contributed by atoms with Crippen LogP contribution in [0.2, 0.25) is 0 Å². The van der Waals surface area contributed by atoms with Gasteiger partial charge in [0, 0.05) is 10.0 Å². The molecule has 1 aliphatic rings. The zero-order valence-electron chi connectivity index (χ0n) is 7.74. The number of nitrogens with zero attached hydrogens (tertiary/aromatic N) is 1. The van der Waals surface area contributed by atoms with Gasteiger partial charge in [0.05, 0.1) is 13.1 Å². The monoisotopic (exact) mass is 269 g/mol. The second-order valence-corrected chi connectivity index (χ2v) is 4.19. The molecule has 15 heavy (non-hydrogen) atoms. The molecule has 0 saturated heterocycles. The highest BCUT2D eigenvalue weighted by Gasteiger charge is 2.27. The first kappa shape index (κ1) is 10.2. The number of fused-ring (bicyclic) bond motifs is 1. The maximum Gasteiger partial charge on any atom is 0.408 e. The van der Waals surface area contributed by atoms with Crippen molar-refractivity contribution in [3.05, 3.63) is 33.8 Å². The highest BCUT2D eigenvalue weighted by atomic mass is 79.9. The number of amides is 1. The molecule has 5 heteroatoms. The van der Waals surface area contributed by atoms with Crippen LogP contribution in [-0.2, 0) is 6.54 Å². The van der Waals surface area contributed by atoms with Crippen LogP contribution in [0.1, 0.15) is 15.9 Å². The summed E-state index contributed by atoms with van der Waals surface area (Å²) in [5.41, 5.74) is 1.36. The number of benzene rings is 1. The van der Waals surface area contributed by atoms with Crippen molar-refractivity contribution in [2.45, 2.75) is 6.54 Å². The lowest BCUT2D eigenvalue weighted by Gasteiger charge is -2.25. The van der Waals surface area contributed by atoms with E-state index in [-0.39, 0.29) is 18.9 Å². The Morgan fingerprint density at radius 2 is 2.13 bits per heavy atom. The quantitative estimate of drug-likeness (QED) is 0.785. The van der Waals surface area contributed by atoms with E-state index < -0.39 is 6.09 Å². The van der Waals surface area contributed by atoms with E-state index in [4.69, 9.17) is 5.11 Å². The minimum Gasteiger partial charge on any atom is -0.465 e. The fourth-order valence-corrected chi connectivity index (χ4v) is 2.29. The predicted octanol–water partition coefficient (Wildman–Crippen LogP) is 2.13. The van der Waals surface area contributed by atoms with E-state index in [9.17, 15) is 9.59 Å². The minimum atomic E-state index is -1.06. The first-order valence-electron chi connectivity index (χ1n) is 4.38. The Bertz CT molecular complexity index is 444. The molecule has 1 N–H and O–H groups in total. The lowest BCUT2D eigenvalue weighted by atomic mass is 9.99. The van der Waals surface area contributed by atoms with Crippen molar-refractivity contribution in [3.8, 4) is 0 Å². The second-order valence-electron chi connectivity index (χ2n) is 3.34. The largest absolute Gasteiger partial charge is 0.465 e. The molecular formula is C10H8BrNO3. The molecular weight excluding hydrogens is 262 g/mol. The van der Waals surface area contributed by atoms with Gasteiger partial charge in [0.25, 0.3) is 0 Å². The van der Waals surface area contributed by atoms with Crippen LogP contribution in [0.5, 0.6) is 0 Å². The van der Waals surface area contributed by atoms with Gasteiger partial charge in [-0.15, -0.1) is 0 Å². The molecule has 0 spiro atoms. The van der Waals surface area contributed by atoms with Crippen molar-refractivity contribution >= 4 is 27.8 Å². The maximum absolute atomic E-state index is 11.7. The summed E-state index contributed by atoms with van der Waals surface area (Å²) in [5.74, 6) is -0.161. The molecule has 0 aliphatic carbocycles. The number of rotatable bonds is 0. The Morgan fingerprint density at radius 3 is 2.80 bits per heavy atom. The predicted molar refractivity (Wildman–Crippen MR) is 56.9 cm³/mol. The summed E-state index contributed by atoms with van der Waals surface area (Å²) >= 11 is 3.29. The maximum atomic E-state index is 11.7. The average Bonchev–Trinajstić information content (AvgIpc) is 2.17. The van der Waals surface area contributed by atoms with Crippen LogP contribution in [0.25, 0.3) is 0 Å². The molecule has 0 saturated carbocycles. The highest BCUT2D eigenvalue weighted by Crippen LogP contribution is 2.26. The SMILES string of the molecule is O=C1CN(C(=O)O)Cc2cccc(Br)c21. The Labute approximate surface area is 94.6 Å². The molecule has 2 rings (SSSR count). The molecule has 1 aromatic carbocycles. The molecule has 1 amide bonds. The van der Waals surface area contributed by atoms with E-state index in [0.29, 0.717) is 5.56 Å².